The minimum Gasteiger partial charge on any atom is -0.315 e. The molecule has 1 aliphatic rings. The largest absolute Gasteiger partial charge is 0.315 e. The summed E-state index contributed by atoms with van der Waals surface area (Å²) in [4.78, 5) is 13.4. The van der Waals surface area contributed by atoms with E-state index in [-0.39, 0.29) is 10.7 Å². The van der Waals surface area contributed by atoms with Crippen molar-refractivity contribution in [2.75, 3.05) is 13.1 Å². The minimum atomic E-state index is -3.56. The zero-order valence-corrected chi connectivity index (χ0v) is 17.3. The molecule has 6 heteroatoms. The summed E-state index contributed by atoms with van der Waals surface area (Å²) in [6.45, 7) is 4.89. The molecule has 1 aliphatic carbocycles. The average molecular weight is 401 g/mol. The quantitative estimate of drug-likeness (QED) is 0.688. The molecule has 1 atom stereocenters. The molecule has 0 amide bonds. The third kappa shape index (κ3) is 3.64. The van der Waals surface area contributed by atoms with Crippen LogP contribution in [0, 0.1) is 0 Å². The van der Waals surface area contributed by atoms with Crippen molar-refractivity contribution in [3.05, 3.63) is 65.2 Å². The second kappa shape index (κ2) is 8.15. The van der Waals surface area contributed by atoms with Crippen molar-refractivity contribution in [1.82, 2.24) is 4.31 Å². The normalized spacial score (nSPS) is 19.0. The summed E-state index contributed by atoms with van der Waals surface area (Å²) >= 11 is 0. The molecule has 2 N–H and O–H groups in total. The van der Waals surface area contributed by atoms with Crippen LogP contribution in [0.15, 0.2) is 53.4 Å². The first-order valence-corrected chi connectivity index (χ1v) is 11.3. The molecule has 2 aromatic carbocycles. The van der Waals surface area contributed by atoms with Crippen molar-refractivity contribution in [3.63, 3.8) is 0 Å². The maximum atomic E-state index is 13.1. The fourth-order valence-corrected chi connectivity index (χ4v) is 5.54. The van der Waals surface area contributed by atoms with E-state index in [1.165, 1.54) is 16.4 Å². The van der Waals surface area contributed by atoms with Crippen LogP contribution in [0.2, 0.25) is 0 Å². The molecule has 0 bridgehead atoms. The summed E-state index contributed by atoms with van der Waals surface area (Å²) < 4.78 is 27.3. The van der Waals surface area contributed by atoms with Gasteiger partial charge in [0.2, 0.25) is 10.0 Å². The lowest BCUT2D eigenvalue weighted by molar-refractivity contribution is 0.0886. The van der Waals surface area contributed by atoms with E-state index in [1.807, 2.05) is 38.1 Å². The molecule has 0 aliphatic heterocycles. The molecule has 0 saturated carbocycles. The number of rotatable bonds is 8. The van der Waals surface area contributed by atoms with Crippen molar-refractivity contribution in [3.8, 4) is 0 Å². The van der Waals surface area contributed by atoms with Crippen LogP contribution >= 0.6 is 0 Å². The molecule has 2 aromatic rings. The molecular formula is C22H28N2O3S. The fourth-order valence-electron chi connectivity index (χ4n) is 3.91. The van der Waals surface area contributed by atoms with Gasteiger partial charge in [-0.2, -0.15) is 4.31 Å². The summed E-state index contributed by atoms with van der Waals surface area (Å²) in [5.74, 6) is -0.166. The molecule has 0 radical (unpaired) electrons. The first kappa shape index (κ1) is 20.7. The Morgan fingerprint density at radius 1 is 1.04 bits per heavy atom. The van der Waals surface area contributed by atoms with Crippen molar-refractivity contribution in [2.24, 2.45) is 5.73 Å². The Hall–Kier alpha value is -2.02. The van der Waals surface area contributed by atoms with E-state index >= 15 is 0 Å². The predicted molar refractivity (Wildman–Crippen MR) is 111 cm³/mol. The number of aryl methyl sites for hydroxylation is 1. The SMILES string of the molecule is CCCN(CCC)S(=O)(=O)c1ccc(C(=O)C2(N)CCc3ccccc32)cc1. The van der Waals surface area contributed by atoms with Gasteiger partial charge in [-0.05, 0) is 61.1 Å². The van der Waals surface area contributed by atoms with Gasteiger partial charge in [0.05, 0.1) is 4.90 Å². The lowest BCUT2D eigenvalue weighted by Crippen LogP contribution is -2.43. The monoisotopic (exact) mass is 400 g/mol. The Morgan fingerprint density at radius 3 is 2.25 bits per heavy atom. The van der Waals surface area contributed by atoms with E-state index in [9.17, 15) is 13.2 Å². The highest BCUT2D eigenvalue weighted by molar-refractivity contribution is 7.89. The van der Waals surface area contributed by atoms with Gasteiger partial charge in [-0.3, -0.25) is 4.79 Å². The van der Waals surface area contributed by atoms with Crippen molar-refractivity contribution >= 4 is 15.8 Å². The van der Waals surface area contributed by atoms with Crippen molar-refractivity contribution in [2.45, 2.75) is 50.0 Å². The van der Waals surface area contributed by atoms with Gasteiger partial charge >= 0.3 is 0 Å². The molecule has 28 heavy (non-hydrogen) atoms. The second-order valence-electron chi connectivity index (χ2n) is 7.39. The molecule has 0 spiro atoms. The molecule has 0 heterocycles. The molecule has 150 valence electrons. The molecule has 0 saturated heterocycles. The minimum absolute atomic E-state index is 0.166. The number of nitrogens with zero attached hydrogens (tertiary/aromatic N) is 1. The Morgan fingerprint density at radius 2 is 1.64 bits per heavy atom. The van der Waals surface area contributed by atoms with Crippen LogP contribution in [0.4, 0.5) is 0 Å². The van der Waals surface area contributed by atoms with Gasteiger partial charge in [0.15, 0.2) is 5.78 Å². The van der Waals surface area contributed by atoms with Crippen LogP contribution in [0.25, 0.3) is 0 Å². The number of hydrogen-bond donors (Lipinski definition) is 1. The zero-order chi connectivity index (χ0) is 20.4. The van der Waals surface area contributed by atoms with E-state index in [0.29, 0.717) is 25.1 Å². The fraction of sp³-hybridized carbons (Fsp3) is 0.409. The zero-order valence-electron chi connectivity index (χ0n) is 16.5. The number of fused-ring (bicyclic) bond motifs is 1. The van der Waals surface area contributed by atoms with Crippen LogP contribution < -0.4 is 5.73 Å². The number of sulfonamides is 1. The van der Waals surface area contributed by atoms with Gasteiger partial charge < -0.3 is 5.73 Å². The van der Waals surface area contributed by atoms with Crippen molar-refractivity contribution < 1.29 is 13.2 Å². The van der Waals surface area contributed by atoms with Gasteiger partial charge in [0, 0.05) is 18.7 Å². The molecular weight excluding hydrogens is 372 g/mol. The van der Waals surface area contributed by atoms with E-state index in [2.05, 4.69) is 0 Å². The maximum Gasteiger partial charge on any atom is 0.243 e. The molecule has 3 rings (SSSR count). The number of ketones is 1. The average Bonchev–Trinajstić information content (AvgIpc) is 3.06. The topological polar surface area (TPSA) is 80.5 Å². The van der Waals surface area contributed by atoms with Crippen LogP contribution in [0.5, 0.6) is 0 Å². The Balaban J connectivity index is 1.88. The van der Waals surface area contributed by atoms with E-state index in [1.54, 1.807) is 12.1 Å². The number of nitrogens with two attached hydrogens (primary N) is 1. The molecule has 0 fully saturated rings. The number of hydrogen-bond acceptors (Lipinski definition) is 4. The molecule has 5 nitrogen and oxygen atoms in total. The third-order valence-electron chi connectivity index (χ3n) is 5.39. The first-order valence-electron chi connectivity index (χ1n) is 9.87. The summed E-state index contributed by atoms with van der Waals surface area (Å²) in [5, 5.41) is 0. The Kier molecular flexibility index (Phi) is 6.03. The highest BCUT2D eigenvalue weighted by atomic mass is 32.2. The summed E-state index contributed by atoms with van der Waals surface area (Å²) in [7, 11) is -3.56. The van der Waals surface area contributed by atoms with Gasteiger partial charge in [0.25, 0.3) is 0 Å². The van der Waals surface area contributed by atoms with Gasteiger partial charge in [-0.1, -0.05) is 38.1 Å². The molecule has 0 aromatic heterocycles. The van der Waals surface area contributed by atoms with E-state index in [0.717, 1.165) is 30.4 Å². The second-order valence-corrected chi connectivity index (χ2v) is 9.32. The third-order valence-corrected chi connectivity index (χ3v) is 7.31. The van der Waals surface area contributed by atoms with E-state index < -0.39 is 15.6 Å². The number of benzene rings is 2. The van der Waals surface area contributed by atoms with Crippen LogP contribution in [0.3, 0.4) is 0 Å². The Bertz CT molecular complexity index is 948. The standard InChI is InChI=1S/C22H28N2O3S/c1-3-15-24(16-4-2)28(26,27)19-11-9-18(10-12-19)21(25)22(23)14-13-17-7-5-6-8-20(17)22/h5-12H,3-4,13-16,23H2,1-2H3. The van der Waals surface area contributed by atoms with Crippen LogP contribution in [-0.2, 0) is 22.0 Å². The molecule has 1 unspecified atom stereocenters. The van der Waals surface area contributed by atoms with Gasteiger partial charge in [-0.25, -0.2) is 8.42 Å². The highest BCUT2D eigenvalue weighted by Crippen LogP contribution is 2.37. The summed E-state index contributed by atoms with van der Waals surface area (Å²) in [6, 6.07) is 14.0. The van der Waals surface area contributed by atoms with Gasteiger partial charge in [0.1, 0.15) is 5.54 Å². The van der Waals surface area contributed by atoms with E-state index in [4.69, 9.17) is 5.73 Å². The lowest BCUT2D eigenvalue weighted by atomic mass is 9.85. The number of carbonyl (C=O) groups excluding carboxylic acids is 1. The summed E-state index contributed by atoms with van der Waals surface area (Å²) in [6.07, 6.45) is 2.84. The number of Topliss-reactive ketones (excluding diaryl/α,β-unsaturated/α-hetero) is 1. The van der Waals surface area contributed by atoms with Gasteiger partial charge in [-0.15, -0.1) is 0 Å². The van der Waals surface area contributed by atoms with Crippen LogP contribution in [-0.4, -0.2) is 31.6 Å². The highest BCUT2D eigenvalue weighted by Gasteiger charge is 2.41. The maximum absolute atomic E-state index is 13.1. The Labute approximate surface area is 167 Å². The predicted octanol–water partition coefficient (Wildman–Crippen LogP) is 3.48. The lowest BCUT2D eigenvalue weighted by Gasteiger charge is -2.24. The van der Waals surface area contributed by atoms with Crippen molar-refractivity contribution in [1.29, 1.82) is 0 Å². The summed E-state index contributed by atoms with van der Waals surface area (Å²) in [5.41, 5.74) is 7.89. The van der Waals surface area contributed by atoms with Crippen LogP contribution in [0.1, 0.15) is 54.6 Å². The number of carbonyl (C=O) groups is 1. The first-order chi connectivity index (χ1) is 13.3. The smallest absolute Gasteiger partial charge is 0.243 e.